The van der Waals surface area contributed by atoms with Gasteiger partial charge in [-0.1, -0.05) is 0 Å². The van der Waals surface area contributed by atoms with Gasteiger partial charge in [-0.15, -0.1) is 0 Å². The number of sulfonamides is 4. The third kappa shape index (κ3) is 29.2. The first-order chi connectivity index (χ1) is 53.8. The molecule has 0 aliphatic rings. The van der Waals surface area contributed by atoms with Gasteiger partial charge in [0.1, 0.15) is 23.0 Å². The second-order valence-corrected chi connectivity index (χ2v) is 31.0. The Morgan fingerprint density at radius 1 is 0.336 bits per heavy atom. The van der Waals surface area contributed by atoms with Crippen LogP contribution in [0.3, 0.4) is 0 Å². The van der Waals surface area contributed by atoms with Crippen LogP contribution >= 0.6 is 0 Å². The number of nitrogens with one attached hydrogen (secondary N) is 4. The summed E-state index contributed by atoms with van der Waals surface area (Å²) in [7, 11) is -15.1. The van der Waals surface area contributed by atoms with E-state index in [-0.39, 0.29) is 187 Å². The molecule has 0 aliphatic carbocycles. The van der Waals surface area contributed by atoms with E-state index in [0.717, 1.165) is 92.1 Å². The number of carbonyl (C=O) groups is 4. The molecule has 0 amide bonds. The van der Waals surface area contributed by atoms with Gasteiger partial charge in [0.15, 0.2) is 69.5 Å². The van der Waals surface area contributed by atoms with E-state index in [9.17, 15) is 88.0 Å². The molecule has 0 aromatic heterocycles. The van der Waals surface area contributed by atoms with Crippen molar-refractivity contribution in [1.29, 1.82) is 0 Å². The predicted molar refractivity (Wildman–Crippen MR) is 404 cm³/mol. The number of ether oxygens (including phenoxy) is 6. The minimum absolute atomic E-state index is 0. The van der Waals surface area contributed by atoms with E-state index in [1.165, 1.54) is 113 Å². The van der Waals surface area contributed by atoms with Crippen molar-refractivity contribution < 1.29 is 167 Å². The molecule has 0 spiro atoms. The molecule has 0 atom stereocenters. The number of aliphatic hydroxyl groups is 1. The Kier molecular flexibility index (Phi) is 38.4. The van der Waals surface area contributed by atoms with E-state index in [1.54, 1.807) is 13.8 Å². The molecule has 0 saturated carbocycles. The molecule has 26 nitrogen and oxygen atoms in total. The molecule has 8 N–H and O–H groups in total. The molecular weight excluding hydrogens is 1640 g/mol. The number of aliphatic carboxylic acids is 2. The summed E-state index contributed by atoms with van der Waals surface area (Å²) >= 11 is 0. The van der Waals surface area contributed by atoms with Gasteiger partial charge in [-0.2, -0.15) is 0 Å². The van der Waals surface area contributed by atoms with Gasteiger partial charge in [0.05, 0.1) is 32.8 Å². The molecule has 8 rings (SSSR count). The van der Waals surface area contributed by atoms with Crippen molar-refractivity contribution in [2.45, 2.75) is 86.8 Å². The molecule has 618 valence electrons. The van der Waals surface area contributed by atoms with Crippen LogP contribution in [0.15, 0.2) is 187 Å². The van der Waals surface area contributed by atoms with Gasteiger partial charge >= 0.3 is 53.4 Å². The van der Waals surface area contributed by atoms with Crippen LogP contribution in [-0.2, 0) is 68.7 Å². The van der Waals surface area contributed by atoms with Crippen LogP contribution in [0.4, 0.5) is 35.1 Å². The van der Waals surface area contributed by atoms with Gasteiger partial charge in [0.25, 0.3) is 0 Å². The number of hydrogen-bond donors (Lipinski definition) is 7. The van der Waals surface area contributed by atoms with Crippen molar-refractivity contribution in [1.82, 2.24) is 18.9 Å². The van der Waals surface area contributed by atoms with Crippen LogP contribution in [0, 0.1) is 46.5 Å². The Balaban J connectivity index is 0.000000471. The van der Waals surface area contributed by atoms with Crippen LogP contribution in [0.2, 0.25) is 0 Å². The van der Waals surface area contributed by atoms with Crippen LogP contribution in [0.1, 0.15) is 89.5 Å². The van der Waals surface area contributed by atoms with Gasteiger partial charge < -0.3 is 49.2 Å². The topological polar surface area (TPSA) is 399 Å². The Morgan fingerprint density at radius 3 is 0.672 bits per heavy atom. The van der Waals surface area contributed by atoms with Crippen molar-refractivity contribution in [2.75, 3.05) is 46.5 Å². The fraction of sp³-hybridized carbons (Fsp3) is 0.221. The van der Waals surface area contributed by atoms with Crippen LogP contribution in [0.25, 0.3) is 24.3 Å². The number of esters is 2. The summed E-state index contributed by atoms with van der Waals surface area (Å²) < 4.78 is 259. The Labute approximate surface area is 685 Å². The molecule has 8 aromatic carbocycles. The SMILES string of the molecule is C/C(=C\c1cc(F)c(Oc2ccc(S(=O)(=O)NCCCCNS(=O)(=O)c3ccc(Oc4c(F)cc(/C=C(\C)C(=O)O)cc4F)cc3)cc2)c(F)c1)C(=O)O.CCOC(=O)/C(C)=C/c1cc(F)c(Oc2ccc(S(=O)(=O)NCCCCNS(=O)(=O)c3ccc(Oc4c(F)cc(/C=C(\C)C(=O)OCC)cc4F)cc3)cc2)c(F)c1.CO.[Na+].[OH-]. The summed E-state index contributed by atoms with van der Waals surface area (Å²) in [5.41, 5.74) is 0.0388. The third-order valence-corrected chi connectivity index (χ3v) is 21.2. The first-order valence-electron chi connectivity index (χ1n) is 33.8. The molecule has 8 aromatic rings. The molecule has 0 saturated heterocycles. The fourth-order valence-electron chi connectivity index (χ4n) is 9.65. The van der Waals surface area contributed by atoms with Crippen molar-refractivity contribution >= 4 is 88.3 Å². The number of carbonyl (C=O) groups excluding carboxylic acids is 2. The number of benzene rings is 8. The predicted octanol–water partition coefficient (Wildman–Crippen LogP) is 11.1. The smallest absolute Gasteiger partial charge is 0.870 e. The minimum atomic E-state index is -4.02. The second kappa shape index (κ2) is 45.3. The van der Waals surface area contributed by atoms with Crippen molar-refractivity contribution in [2.24, 2.45) is 0 Å². The monoisotopic (exact) mass is 1710 g/mol. The molecule has 0 radical (unpaired) electrons. The van der Waals surface area contributed by atoms with Crippen molar-refractivity contribution in [3.05, 3.63) is 237 Å². The zero-order valence-electron chi connectivity index (χ0n) is 63.0. The van der Waals surface area contributed by atoms with E-state index in [0.29, 0.717) is 0 Å². The maximum atomic E-state index is 14.7. The van der Waals surface area contributed by atoms with Crippen LogP contribution in [-0.4, -0.2) is 125 Å². The van der Waals surface area contributed by atoms with Gasteiger partial charge in [0, 0.05) is 55.6 Å². The molecule has 0 bridgehead atoms. The molecule has 39 heteroatoms. The van der Waals surface area contributed by atoms with E-state index >= 15 is 0 Å². The van der Waals surface area contributed by atoms with Crippen molar-refractivity contribution in [3.8, 4) is 46.0 Å². The summed E-state index contributed by atoms with van der Waals surface area (Å²) in [4.78, 5) is 44.9. The van der Waals surface area contributed by atoms with Gasteiger partial charge in [-0.3, -0.25) is 0 Å². The average Bonchev–Trinajstić information content (AvgIpc) is 0.825. The Hall–Kier alpha value is -10.2. The van der Waals surface area contributed by atoms with Gasteiger partial charge in [-0.05, 0) is 259 Å². The normalized spacial score (nSPS) is 12.0. The number of carboxylic acid groups (broad SMARTS) is 2. The molecule has 0 unspecified atom stereocenters. The number of halogens is 8. The zero-order valence-corrected chi connectivity index (χ0v) is 68.3. The van der Waals surface area contributed by atoms with E-state index < -0.39 is 134 Å². The minimum Gasteiger partial charge on any atom is -0.870 e. The first-order valence-corrected chi connectivity index (χ1v) is 39.8. The maximum absolute atomic E-state index is 14.7. The Bertz CT molecular complexity index is 4990. The molecule has 0 heterocycles. The number of rotatable bonds is 36. The fourth-order valence-corrected chi connectivity index (χ4v) is 13.9. The number of aliphatic hydroxyl groups excluding tert-OH is 1. The van der Waals surface area contributed by atoms with E-state index in [2.05, 4.69) is 18.9 Å². The maximum Gasteiger partial charge on any atom is 1.00 e. The summed E-state index contributed by atoms with van der Waals surface area (Å²) in [6.07, 6.45) is 5.62. The number of unbranched alkanes of at least 4 members (excludes halogenated alkanes) is 2. The molecule has 116 heavy (non-hydrogen) atoms. The van der Waals surface area contributed by atoms with Gasteiger partial charge in [0.2, 0.25) is 40.1 Å². The quantitative estimate of drug-likeness (QED) is 0.00630. The van der Waals surface area contributed by atoms with Crippen molar-refractivity contribution in [3.63, 3.8) is 0 Å². The standard InChI is InChI=1S/C40H40F4N2O10S2.C36H32F4N2O10S2.CH4O.Na.H2O/c1-5-53-39(47)25(3)19-27-21-33(41)37(34(42)22-27)55-29-9-13-31(14-10-29)57(49,50)45-17-7-8-18-46-58(51,52)32-15-11-30(12-16-32)56-38-35(43)23-28(24-36(38)44)20-26(4)40(48)54-6-2;1-21(35(43)44)15-23-17-29(37)33(30(38)18-23)51-25-5-9-27(10-6-25)53(47,48)41-13-3-4-14-42-54(49,50)28-11-7-26(8-12-28)52-34-31(39)19-24(20-32(34)40)16-22(2)36(45)46;1-2;;/h9-16,19-24,45-46H,5-8,17-18H2,1-4H3;5-12,15-20,41-42H,3-4,13-14H2,1-2H3,(H,43,44)(H,45,46);2H,1H3;;1H2/q;;;+1;/p-1/b25-19+,26-20+;21-15+,22-16+;;;. The van der Waals surface area contributed by atoms with Crippen LogP contribution in [0.5, 0.6) is 46.0 Å². The summed E-state index contributed by atoms with van der Waals surface area (Å²) in [5.74, 6) is -15.7. The van der Waals surface area contributed by atoms with E-state index in [4.69, 9.17) is 43.7 Å². The number of carboxylic acids is 2. The summed E-state index contributed by atoms with van der Waals surface area (Å²) in [6.45, 7) is 8.71. The van der Waals surface area contributed by atoms with Gasteiger partial charge in [-0.25, -0.2) is 107 Å². The summed E-state index contributed by atoms with van der Waals surface area (Å²) in [6, 6.07) is 26.3. The molecule has 0 aliphatic heterocycles. The Morgan fingerprint density at radius 2 is 0.509 bits per heavy atom. The molecule has 0 fully saturated rings. The average molecular weight is 1710 g/mol. The molecular formula is C77H77F8N4NaO22S4. The van der Waals surface area contributed by atoms with Crippen LogP contribution < -0.4 is 67.4 Å². The van der Waals surface area contributed by atoms with E-state index in [1.807, 2.05) is 0 Å². The second-order valence-electron chi connectivity index (χ2n) is 23.9. The zero-order chi connectivity index (χ0) is 84.4. The largest absolute Gasteiger partial charge is 1.00 e. The summed E-state index contributed by atoms with van der Waals surface area (Å²) in [5, 5.41) is 24.9. The number of hydrogen-bond acceptors (Lipinski definition) is 20. The third-order valence-electron chi connectivity index (χ3n) is 15.3. The first kappa shape index (κ1) is 98.2.